The molecule has 0 aliphatic carbocycles. The van der Waals surface area contributed by atoms with Gasteiger partial charge in [0.25, 0.3) is 0 Å². The van der Waals surface area contributed by atoms with Crippen LogP contribution in [0.4, 0.5) is 0 Å². The number of rotatable bonds is 11. The molecule has 0 bridgehead atoms. The molecule has 0 unspecified atom stereocenters. The summed E-state index contributed by atoms with van der Waals surface area (Å²) in [6.45, 7) is 2.92. The standard InChI is InChI=1S/C23H28O4/c1-3-4-5-6-7-8-17-27-21-15-13-19(14-16-21)22(24)18-9-11-20(12-10-18)23(25)26-2/h9-16H,3-8,17H2,1-2H3. The van der Waals surface area contributed by atoms with Crippen molar-refractivity contribution in [2.75, 3.05) is 13.7 Å². The molecule has 0 atom stereocenters. The molecule has 2 aromatic carbocycles. The van der Waals surface area contributed by atoms with Gasteiger partial charge in [0.05, 0.1) is 19.3 Å². The fourth-order valence-corrected chi connectivity index (χ4v) is 2.82. The molecule has 0 saturated carbocycles. The number of unbranched alkanes of at least 4 members (excludes halogenated alkanes) is 5. The third-order valence-corrected chi connectivity index (χ3v) is 4.45. The Morgan fingerprint density at radius 1 is 0.741 bits per heavy atom. The zero-order chi connectivity index (χ0) is 19.5. The molecule has 0 fully saturated rings. The Morgan fingerprint density at radius 2 is 1.26 bits per heavy atom. The molecule has 2 rings (SSSR count). The summed E-state index contributed by atoms with van der Waals surface area (Å²) >= 11 is 0. The topological polar surface area (TPSA) is 52.6 Å². The minimum Gasteiger partial charge on any atom is -0.494 e. The molecule has 0 radical (unpaired) electrons. The van der Waals surface area contributed by atoms with Crippen LogP contribution in [0.5, 0.6) is 5.75 Å². The quantitative estimate of drug-likeness (QED) is 0.301. The maximum Gasteiger partial charge on any atom is 0.337 e. The van der Waals surface area contributed by atoms with E-state index in [9.17, 15) is 9.59 Å². The van der Waals surface area contributed by atoms with E-state index in [1.165, 1.54) is 39.2 Å². The van der Waals surface area contributed by atoms with Crippen LogP contribution in [0.25, 0.3) is 0 Å². The lowest BCUT2D eigenvalue weighted by Crippen LogP contribution is -2.04. The SMILES string of the molecule is CCCCCCCCOc1ccc(C(=O)c2ccc(C(=O)OC)cc2)cc1. The van der Waals surface area contributed by atoms with Crippen molar-refractivity contribution in [3.63, 3.8) is 0 Å². The highest BCUT2D eigenvalue weighted by molar-refractivity contribution is 6.09. The normalized spacial score (nSPS) is 10.4. The number of benzene rings is 2. The molecule has 2 aromatic rings. The Balaban J connectivity index is 1.83. The molecule has 0 aliphatic heterocycles. The van der Waals surface area contributed by atoms with Crippen molar-refractivity contribution < 1.29 is 19.1 Å². The van der Waals surface area contributed by atoms with Crippen molar-refractivity contribution in [2.45, 2.75) is 45.4 Å². The van der Waals surface area contributed by atoms with Crippen LogP contribution in [0.15, 0.2) is 48.5 Å². The molecule has 4 nitrogen and oxygen atoms in total. The Hall–Kier alpha value is -2.62. The van der Waals surface area contributed by atoms with Gasteiger partial charge < -0.3 is 9.47 Å². The number of methoxy groups -OCH3 is 1. The average Bonchev–Trinajstić information content (AvgIpc) is 2.72. The van der Waals surface area contributed by atoms with Crippen LogP contribution in [0.2, 0.25) is 0 Å². The largest absolute Gasteiger partial charge is 0.494 e. The maximum atomic E-state index is 12.5. The lowest BCUT2D eigenvalue weighted by Gasteiger charge is -2.07. The predicted octanol–water partition coefficient (Wildman–Crippen LogP) is 5.44. The number of esters is 1. The summed E-state index contributed by atoms with van der Waals surface area (Å²) in [4.78, 5) is 24.0. The second-order valence-electron chi connectivity index (χ2n) is 6.54. The fourth-order valence-electron chi connectivity index (χ4n) is 2.82. The van der Waals surface area contributed by atoms with Crippen LogP contribution < -0.4 is 4.74 Å². The third-order valence-electron chi connectivity index (χ3n) is 4.45. The summed E-state index contributed by atoms with van der Waals surface area (Å²) < 4.78 is 10.4. The Labute approximate surface area is 161 Å². The molecule has 0 aromatic heterocycles. The van der Waals surface area contributed by atoms with Gasteiger partial charge in [-0.3, -0.25) is 4.79 Å². The lowest BCUT2D eigenvalue weighted by molar-refractivity contribution is 0.0600. The second-order valence-corrected chi connectivity index (χ2v) is 6.54. The zero-order valence-electron chi connectivity index (χ0n) is 16.2. The van der Waals surface area contributed by atoms with Gasteiger partial charge in [0.1, 0.15) is 5.75 Å². The number of hydrogen-bond donors (Lipinski definition) is 0. The van der Waals surface area contributed by atoms with Crippen molar-refractivity contribution >= 4 is 11.8 Å². The van der Waals surface area contributed by atoms with Crippen LogP contribution in [-0.4, -0.2) is 25.5 Å². The van der Waals surface area contributed by atoms with Gasteiger partial charge in [0, 0.05) is 11.1 Å². The highest BCUT2D eigenvalue weighted by atomic mass is 16.5. The first-order chi connectivity index (χ1) is 13.2. The Morgan fingerprint density at radius 3 is 1.85 bits per heavy atom. The van der Waals surface area contributed by atoms with E-state index in [1.54, 1.807) is 36.4 Å². The van der Waals surface area contributed by atoms with Crippen molar-refractivity contribution in [1.29, 1.82) is 0 Å². The van der Waals surface area contributed by atoms with Crippen LogP contribution in [0.3, 0.4) is 0 Å². The number of carbonyl (C=O) groups is 2. The van der Waals surface area contributed by atoms with Gasteiger partial charge in [-0.1, -0.05) is 51.2 Å². The van der Waals surface area contributed by atoms with Crippen LogP contribution >= 0.6 is 0 Å². The van der Waals surface area contributed by atoms with Crippen molar-refractivity contribution in [3.05, 3.63) is 65.2 Å². The molecule has 0 saturated heterocycles. The van der Waals surface area contributed by atoms with E-state index in [-0.39, 0.29) is 5.78 Å². The average molecular weight is 368 g/mol. The summed E-state index contributed by atoms with van der Waals surface area (Å²) in [5.41, 5.74) is 1.55. The van der Waals surface area contributed by atoms with E-state index in [4.69, 9.17) is 4.74 Å². The Bertz CT molecular complexity index is 717. The molecular formula is C23H28O4. The van der Waals surface area contributed by atoms with Gasteiger partial charge in [-0.05, 0) is 42.8 Å². The van der Waals surface area contributed by atoms with Crippen molar-refractivity contribution in [1.82, 2.24) is 0 Å². The first-order valence-corrected chi connectivity index (χ1v) is 9.61. The first kappa shape index (κ1) is 20.7. The predicted molar refractivity (Wildman–Crippen MR) is 107 cm³/mol. The van der Waals surface area contributed by atoms with Crippen LogP contribution in [0, 0.1) is 0 Å². The van der Waals surface area contributed by atoms with Gasteiger partial charge in [0.15, 0.2) is 5.78 Å². The van der Waals surface area contributed by atoms with E-state index in [0.29, 0.717) is 23.3 Å². The second kappa shape index (κ2) is 11.2. The van der Waals surface area contributed by atoms with Crippen molar-refractivity contribution in [2.24, 2.45) is 0 Å². The highest BCUT2D eigenvalue weighted by Gasteiger charge is 2.11. The number of carbonyl (C=O) groups excluding carboxylic acids is 2. The monoisotopic (exact) mass is 368 g/mol. The number of ketones is 1. The van der Waals surface area contributed by atoms with Crippen LogP contribution in [0.1, 0.15) is 71.7 Å². The van der Waals surface area contributed by atoms with Gasteiger partial charge in [0.2, 0.25) is 0 Å². The molecule has 27 heavy (non-hydrogen) atoms. The molecule has 0 spiro atoms. The van der Waals surface area contributed by atoms with Gasteiger partial charge in [-0.15, -0.1) is 0 Å². The van der Waals surface area contributed by atoms with E-state index >= 15 is 0 Å². The highest BCUT2D eigenvalue weighted by Crippen LogP contribution is 2.17. The van der Waals surface area contributed by atoms with Gasteiger partial charge >= 0.3 is 5.97 Å². The van der Waals surface area contributed by atoms with Gasteiger partial charge in [-0.2, -0.15) is 0 Å². The summed E-state index contributed by atoms with van der Waals surface area (Å²) in [5.74, 6) is 0.274. The fraction of sp³-hybridized carbons (Fsp3) is 0.391. The zero-order valence-corrected chi connectivity index (χ0v) is 16.2. The van der Waals surface area contributed by atoms with E-state index < -0.39 is 5.97 Å². The summed E-state index contributed by atoms with van der Waals surface area (Å²) in [5, 5.41) is 0. The maximum absolute atomic E-state index is 12.5. The smallest absolute Gasteiger partial charge is 0.337 e. The van der Waals surface area contributed by atoms with E-state index in [0.717, 1.165) is 12.2 Å². The van der Waals surface area contributed by atoms with E-state index in [2.05, 4.69) is 11.7 Å². The Kier molecular flexibility index (Phi) is 8.56. The van der Waals surface area contributed by atoms with Crippen molar-refractivity contribution in [3.8, 4) is 5.75 Å². The lowest BCUT2D eigenvalue weighted by atomic mass is 10.0. The molecular weight excluding hydrogens is 340 g/mol. The molecule has 144 valence electrons. The first-order valence-electron chi connectivity index (χ1n) is 9.61. The summed E-state index contributed by atoms with van der Waals surface area (Å²) in [6, 6.07) is 13.7. The minimum atomic E-state index is -0.416. The number of hydrogen-bond acceptors (Lipinski definition) is 4. The summed E-state index contributed by atoms with van der Waals surface area (Å²) in [6.07, 6.45) is 7.38. The molecule has 0 heterocycles. The van der Waals surface area contributed by atoms with Crippen LogP contribution in [-0.2, 0) is 4.74 Å². The number of ether oxygens (including phenoxy) is 2. The third kappa shape index (κ3) is 6.55. The molecule has 0 N–H and O–H groups in total. The molecule has 4 heteroatoms. The minimum absolute atomic E-state index is 0.0890. The van der Waals surface area contributed by atoms with Gasteiger partial charge in [-0.25, -0.2) is 4.79 Å². The molecule has 0 amide bonds. The summed E-state index contributed by atoms with van der Waals surface area (Å²) in [7, 11) is 1.33. The molecule has 0 aliphatic rings. The van der Waals surface area contributed by atoms with E-state index in [1.807, 2.05) is 12.1 Å².